The maximum Gasteiger partial charge on any atom is 0.174 e. The molecule has 3 heterocycles. The van der Waals surface area contributed by atoms with Crippen LogP contribution in [0.5, 0.6) is 0 Å². The maximum atomic E-state index is 4.41. The summed E-state index contributed by atoms with van der Waals surface area (Å²) in [5.74, 6) is 1.44. The van der Waals surface area contributed by atoms with Crippen molar-refractivity contribution in [2.75, 3.05) is 0 Å². The van der Waals surface area contributed by atoms with Crippen molar-refractivity contribution < 1.29 is 0 Å². The van der Waals surface area contributed by atoms with Gasteiger partial charge >= 0.3 is 0 Å². The molecule has 16 heavy (non-hydrogen) atoms. The molecule has 0 fully saturated rings. The molecule has 0 aliphatic rings. The highest BCUT2D eigenvalue weighted by molar-refractivity contribution is 5.57. The molecule has 0 saturated carbocycles. The van der Waals surface area contributed by atoms with Crippen molar-refractivity contribution in [1.29, 1.82) is 0 Å². The standard InChI is InChI=1S/C11H9N5/c1-2-4-12-8(3-1)9-7-15-11(16-9)10-13-5-6-14-10/h1-7H,(H,13,14)(H,15,16). The second-order valence-corrected chi connectivity index (χ2v) is 3.29. The van der Waals surface area contributed by atoms with Gasteiger partial charge in [-0.05, 0) is 12.1 Å². The van der Waals surface area contributed by atoms with Gasteiger partial charge in [0.25, 0.3) is 0 Å². The van der Waals surface area contributed by atoms with Gasteiger partial charge in [0.05, 0.1) is 5.69 Å². The first-order valence-corrected chi connectivity index (χ1v) is 4.90. The summed E-state index contributed by atoms with van der Waals surface area (Å²) >= 11 is 0. The number of rotatable bonds is 2. The van der Waals surface area contributed by atoms with E-state index in [1.165, 1.54) is 0 Å². The minimum absolute atomic E-state index is 0.714. The van der Waals surface area contributed by atoms with Crippen LogP contribution in [0.25, 0.3) is 23.0 Å². The van der Waals surface area contributed by atoms with Gasteiger partial charge in [0.15, 0.2) is 11.6 Å². The second-order valence-electron chi connectivity index (χ2n) is 3.29. The molecule has 5 heteroatoms. The first kappa shape index (κ1) is 8.84. The van der Waals surface area contributed by atoms with Crippen LogP contribution in [0.4, 0.5) is 0 Å². The quantitative estimate of drug-likeness (QED) is 0.679. The van der Waals surface area contributed by atoms with Crippen LogP contribution in [-0.2, 0) is 0 Å². The number of nitrogens with one attached hydrogen (secondary N) is 2. The van der Waals surface area contributed by atoms with Crippen LogP contribution in [0, 0.1) is 0 Å². The summed E-state index contributed by atoms with van der Waals surface area (Å²) in [7, 11) is 0. The number of hydrogen-bond donors (Lipinski definition) is 2. The fraction of sp³-hybridized carbons (Fsp3) is 0. The Kier molecular flexibility index (Phi) is 2.00. The molecule has 0 aromatic carbocycles. The minimum Gasteiger partial charge on any atom is -0.342 e. The van der Waals surface area contributed by atoms with Crippen LogP contribution in [0.3, 0.4) is 0 Å². The Morgan fingerprint density at radius 3 is 2.62 bits per heavy atom. The number of aromatic amines is 2. The molecule has 0 aliphatic heterocycles. The van der Waals surface area contributed by atoms with Crippen molar-refractivity contribution in [2.24, 2.45) is 0 Å². The van der Waals surface area contributed by atoms with Crippen molar-refractivity contribution >= 4 is 0 Å². The second kappa shape index (κ2) is 3.62. The topological polar surface area (TPSA) is 70.2 Å². The highest BCUT2D eigenvalue weighted by Gasteiger charge is 2.07. The average Bonchev–Trinajstić information content (AvgIpc) is 3.01. The van der Waals surface area contributed by atoms with E-state index in [4.69, 9.17) is 0 Å². The monoisotopic (exact) mass is 211 g/mol. The summed E-state index contributed by atoms with van der Waals surface area (Å²) in [4.78, 5) is 18.8. The molecule has 3 aromatic heterocycles. The summed E-state index contributed by atoms with van der Waals surface area (Å²) in [6, 6.07) is 5.73. The van der Waals surface area contributed by atoms with Gasteiger partial charge in [0.2, 0.25) is 0 Å². The van der Waals surface area contributed by atoms with Gasteiger partial charge < -0.3 is 9.97 Å². The van der Waals surface area contributed by atoms with E-state index < -0.39 is 0 Å². The Balaban J connectivity index is 2.00. The first-order chi connectivity index (χ1) is 7.93. The van der Waals surface area contributed by atoms with Crippen LogP contribution in [0.1, 0.15) is 0 Å². The molecule has 2 N–H and O–H groups in total. The van der Waals surface area contributed by atoms with Crippen molar-refractivity contribution in [3.05, 3.63) is 43.0 Å². The molecule has 0 unspecified atom stereocenters. The molecule has 0 spiro atoms. The number of nitrogens with zero attached hydrogens (tertiary/aromatic N) is 3. The van der Waals surface area contributed by atoms with E-state index >= 15 is 0 Å². The molecule has 3 aromatic rings. The first-order valence-electron chi connectivity index (χ1n) is 4.90. The third-order valence-corrected chi connectivity index (χ3v) is 2.23. The molecular formula is C11H9N5. The van der Waals surface area contributed by atoms with Crippen LogP contribution >= 0.6 is 0 Å². The van der Waals surface area contributed by atoms with Gasteiger partial charge in [-0.3, -0.25) is 4.98 Å². The van der Waals surface area contributed by atoms with E-state index in [0.717, 1.165) is 17.2 Å². The van der Waals surface area contributed by atoms with Gasteiger partial charge in [0.1, 0.15) is 5.69 Å². The van der Waals surface area contributed by atoms with Gasteiger partial charge in [0, 0.05) is 24.8 Å². The summed E-state index contributed by atoms with van der Waals surface area (Å²) in [6.45, 7) is 0. The zero-order chi connectivity index (χ0) is 10.8. The lowest BCUT2D eigenvalue weighted by Crippen LogP contribution is -1.84. The Morgan fingerprint density at radius 1 is 0.875 bits per heavy atom. The summed E-state index contributed by atoms with van der Waals surface area (Å²) in [5.41, 5.74) is 1.66. The molecule has 0 amide bonds. The Labute approximate surface area is 91.6 Å². The number of pyridine rings is 1. The fourth-order valence-corrected chi connectivity index (χ4v) is 1.48. The van der Waals surface area contributed by atoms with E-state index in [9.17, 15) is 0 Å². The largest absolute Gasteiger partial charge is 0.342 e. The molecule has 78 valence electrons. The maximum absolute atomic E-state index is 4.41. The Bertz CT molecular complexity index is 567. The molecule has 0 aliphatic carbocycles. The van der Waals surface area contributed by atoms with Crippen molar-refractivity contribution in [2.45, 2.75) is 0 Å². The van der Waals surface area contributed by atoms with Crippen molar-refractivity contribution in [3.8, 4) is 23.0 Å². The molecule has 3 rings (SSSR count). The van der Waals surface area contributed by atoms with E-state index in [0.29, 0.717) is 5.82 Å². The SMILES string of the molecule is c1ccc(-c2c[nH]c(-c3ncc[nH]3)n2)nc1. The molecule has 0 bridgehead atoms. The van der Waals surface area contributed by atoms with Gasteiger partial charge in [-0.2, -0.15) is 0 Å². The molecular weight excluding hydrogens is 202 g/mol. The lowest BCUT2D eigenvalue weighted by Gasteiger charge is -1.92. The van der Waals surface area contributed by atoms with Gasteiger partial charge in [-0.15, -0.1) is 0 Å². The zero-order valence-electron chi connectivity index (χ0n) is 8.38. The Hall–Kier alpha value is -2.43. The summed E-state index contributed by atoms with van der Waals surface area (Å²) in [6.07, 6.45) is 7.02. The van der Waals surface area contributed by atoms with E-state index in [-0.39, 0.29) is 0 Å². The van der Waals surface area contributed by atoms with Crippen LogP contribution in [0.15, 0.2) is 43.0 Å². The van der Waals surface area contributed by atoms with Gasteiger partial charge in [-0.25, -0.2) is 9.97 Å². The zero-order valence-corrected chi connectivity index (χ0v) is 8.38. The predicted molar refractivity (Wildman–Crippen MR) is 59.4 cm³/mol. The van der Waals surface area contributed by atoms with Crippen molar-refractivity contribution in [1.82, 2.24) is 24.9 Å². The number of H-pyrrole nitrogens is 2. The van der Waals surface area contributed by atoms with E-state index in [1.54, 1.807) is 18.6 Å². The molecule has 5 nitrogen and oxygen atoms in total. The lowest BCUT2D eigenvalue weighted by atomic mass is 10.3. The molecule has 0 radical (unpaired) electrons. The van der Waals surface area contributed by atoms with E-state index in [2.05, 4.69) is 24.9 Å². The molecule has 0 atom stereocenters. The van der Waals surface area contributed by atoms with Crippen LogP contribution in [0.2, 0.25) is 0 Å². The van der Waals surface area contributed by atoms with E-state index in [1.807, 2.05) is 24.4 Å². The van der Waals surface area contributed by atoms with Crippen molar-refractivity contribution in [3.63, 3.8) is 0 Å². The number of hydrogen-bond acceptors (Lipinski definition) is 3. The normalized spacial score (nSPS) is 10.5. The minimum atomic E-state index is 0.714. The third kappa shape index (κ3) is 1.48. The third-order valence-electron chi connectivity index (χ3n) is 2.23. The lowest BCUT2D eigenvalue weighted by molar-refractivity contribution is 1.19. The molecule has 0 saturated heterocycles. The van der Waals surface area contributed by atoms with Crippen LogP contribution < -0.4 is 0 Å². The van der Waals surface area contributed by atoms with Gasteiger partial charge in [-0.1, -0.05) is 6.07 Å². The van der Waals surface area contributed by atoms with Crippen LogP contribution in [-0.4, -0.2) is 24.9 Å². The average molecular weight is 211 g/mol. The Morgan fingerprint density at radius 2 is 1.88 bits per heavy atom. The summed E-state index contributed by atoms with van der Waals surface area (Å²) in [5, 5.41) is 0. The predicted octanol–water partition coefficient (Wildman–Crippen LogP) is 1.86. The summed E-state index contributed by atoms with van der Waals surface area (Å²) < 4.78 is 0. The highest BCUT2D eigenvalue weighted by atomic mass is 15.0. The number of imidazole rings is 2. The highest BCUT2D eigenvalue weighted by Crippen LogP contribution is 2.17. The number of aromatic nitrogens is 5. The fourth-order valence-electron chi connectivity index (χ4n) is 1.48. The smallest absolute Gasteiger partial charge is 0.174 e.